The number of hydrogen-bond acceptors (Lipinski definition) is 5. The van der Waals surface area contributed by atoms with Gasteiger partial charge in [-0.2, -0.15) is 5.90 Å². The number of halogens is 1. The van der Waals surface area contributed by atoms with E-state index >= 15 is 4.39 Å². The number of nitrogens with zero attached hydrogens (tertiary/aromatic N) is 1. The second kappa shape index (κ2) is 12.9. The van der Waals surface area contributed by atoms with Crippen LogP contribution in [0.2, 0.25) is 0 Å². The molecule has 0 aliphatic carbocycles. The highest BCUT2D eigenvalue weighted by Gasteiger charge is 2.33. The number of benzene rings is 2. The second-order valence-electron chi connectivity index (χ2n) is 9.18. The maximum absolute atomic E-state index is 15.1. The third kappa shape index (κ3) is 7.10. The molecule has 3 rings (SSSR count). The van der Waals surface area contributed by atoms with Gasteiger partial charge in [-0.3, -0.25) is 4.79 Å². The van der Waals surface area contributed by atoms with Gasteiger partial charge in [0.05, 0.1) is 17.3 Å². The van der Waals surface area contributed by atoms with Crippen molar-refractivity contribution in [3.05, 3.63) is 83.5 Å². The average Bonchev–Trinajstić information content (AvgIpc) is 2.88. The molecule has 1 unspecified atom stereocenters. The third-order valence-corrected chi connectivity index (χ3v) is 6.54. The Morgan fingerprint density at radius 1 is 1.16 bits per heavy atom. The third-order valence-electron chi connectivity index (χ3n) is 6.54. The molecule has 1 atom stereocenters. The first-order valence-corrected chi connectivity index (χ1v) is 12.4. The van der Waals surface area contributed by atoms with Gasteiger partial charge in [-0.25, -0.2) is 9.18 Å². The zero-order valence-electron chi connectivity index (χ0n) is 21.6. The summed E-state index contributed by atoms with van der Waals surface area (Å²) in [5.74, 6) is 5.01. The molecular weight excluding hydrogens is 473 g/mol. The van der Waals surface area contributed by atoms with Crippen LogP contribution in [0.25, 0.3) is 0 Å². The number of urea groups is 1. The first-order chi connectivity index (χ1) is 17.7. The van der Waals surface area contributed by atoms with Crippen molar-refractivity contribution in [3.63, 3.8) is 0 Å². The highest BCUT2D eigenvalue weighted by Crippen LogP contribution is 2.35. The van der Waals surface area contributed by atoms with Crippen LogP contribution in [-0.4, -0.2) is 31.6 Å². The maximum atomic E-state index is 15.1. The van der Waals surface area contributed by atoms with Crippen molar-refractivity contribution < 1.29 is 18.8 Å². The van der Waals surface area contributed by atoms with Crippen molar-refractivity contribution in [2.45, 2.75) is 39.5 Å². The summed E-state index contributed by atoms with van der Waals surface area (Å²) in [6.45, 7) is 10.8. The molecule has 1 heterocycles. The monoisotopic (exact) mass is 509 g/mol. The number of carbonyl (C=O) groups is 2. The highest BCUT2D eigenvalue weighted by molar-refractivity contribution is 5.91. The zero-order valence-corrected chi connectivity index (χ0v) is 21.6. The molecule has 5 N–H and O–H groups in total. The van der Waals surface area contributed by atoms with E-state index in [0.29, 0.717) is 48.0 Å². The minimum absolute atomic E-state index is 0.0323. The molecule has 8 nitrogen and oxygen atoms in total. The highest BCUT2D eigenvalue weighted by atomic mass is 19.1. The summed E-state index contributed by atoms with van der Waals surface area (Å²) in [7, 11) is 0. The maximum Gasteiger partial charge on any atom is 0.323 e. The molecule has 0 bridgehead atoms. The van der Waals surface area contributed by atoms with Crippen LogP contribution >= 0.6 is 0 Å². The first-order valence-electron chi connectivity index (χ1n) is 12.4. The quantitative estimate of drug-likeness (QED) is 0.221. The molecule has 3 amide bonds. The fourth-order valence-corrected chi connectivity index (χ4v) is 4.73. The van der Waals surface area contributed by atoms with E-state index in [0.717, 1.165) is 18.4 Å². The van der Waals surface area contributed by atoms with E-state index in [4.69, 9.17) is 5.90 Å². The lowest BCUT2D eigenvalue weighted by atomic mass is 9.79. The summed E-state index contributed by atoms with van der Waals surface area (Å²) >= 11 is 0. The van der Waals surface area contributed by atoms with Gasteiger partial charge in [0.25, 0.3) is 0 Å². The molecule has 1 aliphatic rings. The number of amides is 3. The fraction of sp³-hybridized carbons (Fsp3) is 0.357. The molecule has 0 spiro atoms. The Morgan fingerprint density at radius 2 is 1.84 bits per heavy atom. The van der Waals surface area contributed by atoms with Gasteiger partial charge >= 0.3 is 6.03 Å². The number of carbonyl (C=O) groups excluding carboxylic acids is 2. The molecule has 1 fully saturated rings. The Bertz CT molecular complexity index is 1140. The van der Waals surface area contributed by atoms with Crippen molar-refractivity contribution in [1.29, 1.82) is 0 Å². The number of rotatable bonds is 9. The topological polar surface area (TPSA) is 109 Å². The fourth-order valence-electron chi connectivity index (χ4n) is 4.73. The van der Waals surface area contributed by atoms with Gasteiger partial charge in [-0.05, 0) is 68.9 Å². The molecule has 9 heteroatoms. The number of nitrogens with one attached hydrogen (secondary N) is 3. The van der Waals surface area contributed by atoms with Crippen molar-refractivity contribution in [2.75, 3.05) is 29.9 Å². The standard InChI is InChI=1S/C28H36FN5O3/c1-5-31-27(35)25(20-9-7-6-8-10-20)21-13-15-34(16-14-21)24-12-11-22(17-23(24)29)32-28(36)33-26(18(2)3)19(4)37-30/h6-12,17,21,25H,2,5,13-16,30H2,1,3-4H3,(H,31,35)(H2,32,33,36)/b26-19+. The second-order valence-corrected chi connectivity index (χ2v) is 9.18. The Balaban J connectivity index is 1.66. The van der Waals surface area contributed by atoms with E-state index in [2.05, 4.69) is 27.4 Å². The summed E-state index contributed by atoms with van der Waals surface area (Å²) in [5, 5.41) is 8.21. The van der Waals surface area contributed by atoms with E-state index in [1.807, 2.05) is 42.2 Å². The van der Waals surface area contributed by atoms with Gasteiger partial charge in [0, 0.05) is 25.3 Å². The summed E-state index contributed by atoms with van der Waals surface area (Å²) < 4.78 is 15.1. The molecule has 2 aromatic rings. The molecule has 198 valence electrons. The smallest absolute Gasteiger partial charge is 0.323 e. The average molecular weight is 510 g/mol. The van der Waals surface area contributed by atoms with E-state index in [1.165, 1.54) is 6.07 Å². The number of piperidine rings is 1. The van der Waals surface area contributed by atoms with Crippen LogP contribution in [0.3, 0.4) is 0 Å². The number of anilines is 2. The van der Waals surface area contributed by atoms with E-state index < -0.39 is 11.8 Å². The molecule has 0 saturated carbocycles. The minimum Gasteiger partial charge on any atom is -0.414 e. The van der Waals surface area contributed by atoms with Gasteiger partial charge in [0.1, 0.15) is 11.6 Å². The number of hydrogen-bond donors (Lipinski definition) is 4. The van der Waals surface area contributed by atoms with E-state index in [9.17, 15) is 9.59 Å². The normalized spacial score (nSPS) is 15.3. The van der Waals surface area contributed by atoms with Crippen LogP contribution in [0.4, 0.5) is 20.6 Å². The summed E-state index contributed by atoms with van der Waals surface area (Å²) in [6.07, 6.45) is 1.52. The van der Waals surface area contributed by atoms with Crippen molar-refractivity contribution >= 4 is 23.3 Å². The molecule has 1 saturated heterocycles. The largest absolute Gasteiger partial charge is 0.414 e. The van der Waals surface area contributed by atoms with Crippen LogP contribution in [-0.2, 0) is 9.63 Å². The van der Waals surface area contributed by atoms with Crippen LogP contribution in [0.15, 0.2) is 72.1 Å². The molecule has 1 aliphatic heterocycles. The van der Waals surface area contributed by atoms with Crippen molar-refractivity contribution in [3.8, 4) is 0 Å². The van der Waals surface area contributed by atoms with Gasteiger partial charge in [0.15, 0.2) is 0 Å². The van der Waals surface area contributed by atoms with E-state index in [1.54, 1.807) is 26.0 Å². The van der Waals surface area contributed by atoms with Crippen LogP contribution in [0.5, 0.6) is 0 Å². The van der Waals surface area contributed by atoms with Gasteiger partial charge in [-0.1, -0.05) is 36.9 Å². The number of nitrogens with two attached hydrogens (primary N) is 1. The van der Waals surface area contributed by atoms with Crippen LogP contribution in [0, 0.1) is 11.7 Å². The molecule has 2 aromatic carbocycles. The molecule has 0 radical (unpaired) electrons. The lowest BCUT2D eigenvalue weighted by Crippen LogP contribution is -2.40. The van der Waals surface area contributed by atoms with Crippen molar-refractivity contribution in [1.82, 2.24) is 10.6 Å². The predicted octanol–water partition coefficient (Wildman–Crippen LogP) is 4.78. The lowest BCUT2D eigenvalue weighted by molar-refractivity contribution is -0.123. The van der Waals surface area contributed by atoms with Crippen LogP contribution in [0.1, 0.15) is 45.1 Å². The van der Waals surface area contributed by atoms with Gasteiger partial charge < -0.3 is 25.7 Å². The van der Waals surface area contributed by atoms with Gasteiger partial charge in [0.2, 0.25) is 5.91 Å². The molecule has 0 aromatic heterocycles. The molecular formula is C28H36FN5O3. The summed E-state index contributed by atoms with van der Waals surface area (Å²) in [4.78, 5) is 32.0. The predicted molar refractivity (Wildman–Crippen MR) is 144 cm³/mol. The Morgan fingerprint density at radius 3 is 2.41 bits per heavy atom. The lowest BCUT2D eigenvalue weighted by Gasteiger charge is -2.37. The Hall–Kier alpha value is -3.85. The van der Waals surface area contributed by atoms with Crippen molar-refractivity contribution in [2.24, 2.45) is 11.8 Å². The number of likely N-dealkylation sites (N-methyl/N-ethyl adjacent to an activating group) is 1. The minimum atomic E-state index is -0.570. The summed E-state index contributed by atoms with van der Waals surface area (Å²) in [5.41, 5.74) is 2.69. The van der Waals surface area contributed by atoms with Gasteiger partial charge in [-0.15, -0.1) is 0 Å². The van der Waals surface area contributed by atoms with Crippen LogP contribution < -0.4 is 26.7 Å². The molecule has 37 heavy (non-hydrogen) atoms. The Labute approximate surface area is 217 Å². The summed E-state index contributed by atoms with van der Waals surface area (Å²) in [6, 6.07) is 13.9. The first kappa shape index (κ1) is 27.7. The van der Waals surface area contributed by atoms with E-state index in [-0.39, 0.29) is 17.7 Å². The SMILES string of the molecule is C=C(C)/C(NC(=O)Nc1ccc(N2CCC(C(C(=O)NCC)c3ccccc3)CC2)c(F)c1)=C(/C)ON. The zero-order chi connectivity index (χ0) is 26.9. The Kier molecular flexibility index (Phi) is 9.68. The number of allylic oxidation sites excluding steroid dienone is 2.